The molecule has 0 bridgehead atoms. The maximum atomic E-state index is 12.8. The first-order chi connectivity index (χ1) is 12.3. The smallest absolute Gasteiger partial charge is 0.338 e. The normalized spacial score (nSPS) is 15.0. The molecule has 0 spiro atoms. The van der Waals surface area contributed by atoms with Crippen molar-refractivity contribution in [2.45, 2.75) is 19.4 Å². The quantitative estimate of drug-likeness (QED) is 0.660. The molecule has 2 aromatic rings. The second kappa shape index (κ2) is 6.76. The summed E-state index contributed by atoms with van der Waals surface area (Å²) < 4.78 is 5.09. The molecule has 0 fully saturated rings. The second-order valence-electron chi connectivity index (χ2n) is 6.20. The van der Waals surface area contributed by atoms with Crippen LogP contribution < -0.4 is 10.2 Å². The van der Waals surface area contributed by atoms with Gasteiger partial charge in [0, 0.05) is 6.20 Å². The van der Waals surface area contributed by atoms with Gasteiger partial charge in [-0.2, -0.15) is 0 Å². The van der Waals surface area contributed by atoms with Crippen LogP contribution in [-0.4, -0.2) is 34.9 Å². The number of benzene rings is 1. The summed E-state index contributed by atoms with van der Waals surface area (Å²) in [7, 11) is 0. The van der Waals surface area contributed by atoms with E-state index in [2.05, 4.69) is 10.3 Å². The third-order valence-corrected chi connectivity index (χ3v) is 4.25. The lowest BCUT2D eigenvalue weighted by atomic mass is 9.96. The summed E-state index contributed by atoms with van der Waals surface area (Å²) in [5.74, 6) is -1.53. The molecular formula is C18H16ClN3O4. The Hall–Kier alpha value is -2.93. The highest BCUT2D eigenvalue weighted by Crippen LogP contribution is 2.36. The van der Waals surface area contributed by atoms with Crippen molar-refractivity contribution in [1.29, 1.82) is 0 Å². The van der Waals surface area contributed by atoms with Crippen LogP contribution >= 0.6 is 11.6 Å². The molecule has 1 aliphatic rings. The number of esters is 1. The van der Waals surface area contributed by atoms with Crippen LogP contribution in [-0.2, 0) is 14.3 Å². The number of nitrogens with one attached hydrogen (secondary N) is 1. The maximum absolute atomic E-state index is 12.8. The predicted molar refractivity (Wildman–Crippen MR) is 96.2 cm³/mol. The maximum Gasteiger partial charge on any atom is 0.338 e. The van der Waals surface area contributed by atoms with Crippen LogP contribution in [0.5, 0.6) is 0 Å². The Morgan fingerprint density at radius 3 is 2.73 bits per heavy atom. The van der Waals surface area contributed by atoms with Gasteiger partial charge in [-0.3, -0.25) is 14.5 Å². The number of fused-ring (bicyclic) bond motifs is 1. The first-order valence-corrected chi connectivity index (χ1v) is 8.21. The lowest BCUT2D eigenvalue weighted by molar-refractivity contribution is -0.128. The zero-order chi connectivity index (χ0) is 18.9. The zero-order valence-electron chi connectivity index (χ0n) is 14.2. The van der Waals surface area contributed by atoms with E-state index in [9.17, 15) is 14.4 Å². The number of halogens is 1. The molecule has 0 atom stereocenters. The van der Waals surface area contributed by atoms with Gasteiger partial charge in [0.1, 0.15) is 10.7 Å². The van der Waals surface area contributed by atoms with E-state index >= 15 is 0 Å². The van der Waals surface area contributed by atoms with E-state index in [1.807, 2.05) is 0 Å². The molecule has 0 unspecified atom stereocenters. The number of rotatable bonds is 3. The third-order valence-electron chi connectivity index (χ3n) is 4.05. The van der Waals surface area contributed by atoms with E-state index in [4.69, 9.17) is 16.3 Å². The average Bonchev–Trinajstić information content (AvgIpc) is 2.60. The molecule has 134 valence electrons. The molecule has 2 amide bonds. The van der Waals surface area contributed by atoms with Gasteiger partial charge in [-0.05, 0) is 38.1 Å². The summed E-state index contributed by atoms with van der Waals surface area (Å²) in [6.07, 6.45) is 1.37. The van der Waals surface area contributed by atoms with E-state index < -0.39 is 24.0 Å². The van der Waals surface area contributed by atoms with Crippen molar-refractivity contribution >= 4 is 40.8 Å². The predicted octanol–water partition coefficient (Wildman–Crippen LogP) is 2.66. The first-order valence-electron chi connectivity index (χ1n) is 7.83. The summed E-state index contributed by atoms with van der Waals surface area (Å²) in [6, 6.07) is 9.73. The van der Waals surface area contributed by atoms with Crippen LogP contribution in [0.3, 0.4) is 0 Å². The Morgan fingerprint density at radius 2 is 2.00 bits per heavy atom. The summed E-state index contributed by atoms with van der Waals surface area (Å²) in [5.41, 5.74) is 0.133. The third kappa shape index (κ3) is 3.25. The Morgan fingerprint density at radius 1 is 1.27 bits per heavy atom. The number of anilines is 2. The molecule has 0 saturated heterocycles. The number of amides is 2. The number of aromatic nitrogens is 1. The number of hydrogen-bond donors (Lipinski definition) is 1. The van der Waals surface area contributed by atoms with Crippen LogP contribution in [0.1, 0.15) is 24.2 Å². The first kappa shape index (κ1) is 17.9. The summed E-state index contributed by atoms with van der Waals surface area (Å²) in [6.45, 7) is 2.74. The lowest BCUT2D eigenvalue weighted by Gasteiger charge is -2.41. The number of ether oxygens (including phenoxy) is 1. The average molecular weight is 374 g/mol. The van der Waals surface area contributed by atoms with Crippen molar-refractivity contribution < 1.29 is 19.1 Å². The highest BCUT2D eigenvalue weighted by molar-refractivity contribution is 6.29. The van der Waals surface area contributed by atoms with Crippen LogP contribution in [0.2, 0.25) is 5.15 Å². The Kier molecular flexibility index (Phi) is 4.65. The fourth-order valence-electron chi connectivity index (χ4n) is 2.70. The summed E-state index contributed by atoms with van der Waals surface area (Å²) in [4.78, 5) is 42.3. The molecule has 2 heterocycles. The van der Waals surface area contributed by atoms with Crippen molar-refractivity contribution in [1.82, 2.24) is 4.98 Å². The van der Waals surface area contributed by atoms with Crippen LogP contribution in [0, 0.1) is 0 Å². The van der Waals surface area contributed by atoms with Gasteiger partial charge in [-0.15, -0.1) is 0 Å². The minimum atomic E-state index is -1.13. The van der Waals surface area contributed by atoms with Crippen molar-refractivity contribution in [2.75, 3.05) is 16.8 Å². The van der Waals surface area contributed by atoms with Gasteiger partial charge in [0.05, 0.1) is 16.9 Å². The van der Waals surface area contributed by atoms with Gasteiger partial charge < -0.3 is 10.1 Å². The van der Waals surface area contributed by atoms with Gasteiger partial charge >= 0.3 is 5.97 Å². The minimum absolute atomic E-state index is 0.147. The number of hydrogen-bond acceptors (Lipinski definition) is 5. The second-order valence-corrected chi connectivity index (χ2v) is 6.59. The van der Waals surface area contributed by atoms with Gasteiger partial charge in [0.25, 0.3) is 5.91 Å². The van der Waals surface area contributed by atoms with Gasteiger partial charge in [0.15, 0.2) is 6.61 Å². The standard InChI is InChI=1S/C18H16ClN3O4/c1-18(2)17(25)21-12-5-3-4-6-13(12)22(18)15(23)10-26-16(24)11-7-8-20-14(19)9-11/h3-9H,10H2,1-2H3,(H,21,25). The number of carbonyl (C=O) groups excluding carboxylic acids is 3. The van der Waals surface area contributed by atoms with Crippen molar-refractivity contribution in [2.24, 2.45) is 0 Å². The fraction of sp³-hybridized carbons (Fsp3) is 0.222. The number of carbonyl (C=O) groups is 3. The van der Waals surface area contributed by atoms with Crippen LogP contribution in [0.25, 0.3) is 0 Å². The lowest BCUT2D eigenvalue weighted by Crippen LogP contribution is -2.59. The number of para-hydroxylation sites is 2. The molecule has 0 saturated carbocycles. The van der Waals surface area contributed by atoms with Crippen molar-refractivity contribution in [3.8, 4) is 0 Å². The number of pyridine rings is 1. The molecule has 3 rings (SSSR count). The molecule has 1 aromatic heterocycles. The van der Waals surface area contributed by atoms with Gasteiger partial charge in [0.2, 0.25) is 5.91 Å². The Bertz CT molecular complexity index is 898. The summed E-state index contributed by atoms with van der Waals surface area (Å²) in [5, 5.41) is 2.92. The molecule has 8 heteroatoms. The molecule has 26 heavy (non-hydrogen) atoms. The Balaban J connectivity index is 1.80. The van der Waals surface area contributed by atoms with Crippen molar-refractivity contribution in [3.05, 3.63) is 53.3 Å². The topological polar surface area (TPSA) is 88.6 Å². The molecule has 7 nitrogen and oxygen atoms in total. The molecule has 0 radical (unpaired) electrons. The molecular weight excluding hydrogens is 358 g/mol. The van der Waals surface area contributed by atoms with Crippen molar-refractivity contribution in [3.63, 3.8) is 0 Å². The van der Waals surface area contributed by atoms with E-state index in [0.29, 0.717) is 11.4 Å². The molecule has 0 aliphatic carbocycles. The molecule has 1 aromatic carbocycles. The highest BCUT2D eigenvalue weighted by atomic mass is 35.5. The van der Waals surface area contributed by atoms with E-state index in [1.165, 1.54) is 23.2 Å². The SMILES string of the molecule is CC1(C)C(=O)Nc2ccccc2N1C(=O)COC(=O)c1ccnc(Cl)c1. The fourth-order valence-corrected chi connectivity index (χ4v) is 2.88. The Labute approximate surface area is 154 Å². The minimum Gasteiger partial charge on any atom is -0.452 e. The van der Waals surface area contributed by atoms with E-state index in [0.717, 1.165) is 0 Å². The van der Waals surface area contributed by atoms with Crippen LogP contribution in [0.4, 0.5) is 11.4 Å². The van der Waals surface area contributed by atoms with Gasteiger partial charge in [-0.1, -0.05) is 23.7 Å². The largest absolute Gasteiger partial charge is 0.452 e. The number of nitrogens with zero attached hydrogens (tertiary/aromatic N) is 2. The van der Waals surface area contributed by atoms with E-state index in [-0.39, 0.29) is 16.6 Å². The van der Waals surface area contributed by atoms with Gasteiger partial charge in [-0.25, -0.2) is 9.78 Å². The monoisotopic (exact) mass is 373 g/mol. The summed E-state index contributed by atoms with van der Waals surface area (Å²) >= 11 is 5.74. The highest BCUT2D eigenvalue weighted by Gasteiger charge is 2.43. The van der Waals surface area contributed by atoms with Crippen LogP contribution in [0.15, 0.2) is 42.6 Å². The zero-order valence-corrected chi connectivity index (χ0v) is 14.9. The molecule has 1 aliphatic heterocycles. The van der Waals surface area contributed by atoms with E-state index in [1.54, 1.807) is 38.1 Å². The molecule has 1 N–H and O–H groups in total.